The summed E-state index contributed by atoms with van der Waals surface area (Å²) in [5, 5.41) is 0. The quantitative estimate of drug-likeness (QED) is 0.613. The highest BCUT2D eigenvalue weighted by Gasteiger charge is 2.15. The number of benzene rings is 1. The fourth-order valence-electron chi connectivity index (χ4n) is 2.13. The topological polar surface area (TPSA) is 0 Å². The summed E-state index contributed by atoms with van der Waals surface area (Å²) in [7, 11) is 0. The lowest BCUT2D eigenvalue weighted by Gasteiger charge is -2.22. The molecule has 2 rings (SSSR count). The molecule has 1 aromatic carbocycles. The molecule has 70 valence electrons. The van der Waals surface area contributed by atoms with Crippen LogP contribution in [0.1, 0.15) is 42.9 Å². The number of hydrogen-bond acceptors (Lipinski definition) is 0. The van der Waals surface area contributed by atoms with Crippen molar-refractivity contribution < 1.29 is 0 Å². The van der Waals surface area contributed by atoms with Crippen molar-refractivity contribution in [3.8, 4) is 0 Å². The highest BCUT2D eigenvalue weighted by Crippen LogP contribution is 2.27. The average molecular weight is 174 g/mol. The molecule has 0 atom stereocenters. The summed E-state index contributed by atoms with van der Waals surface area (Å²) in [5.41, 5.74) is 4.89. The second kappa shape index (κ2) is 3.95. The molecule has 0 nitrogen and oxygen atoms in total. The van der Waals surface area contributed by atoms with Crippen molar-refractivity contribution in [1.29, 1.82) is 0 Å². The Hall–Kier alpha value is -0.780. The van der Waals surface area contributed by atoms with Gasteiger partial charge in [-0.2, -0.15) is 0 Å². The second-order valence-corrected chi connectivity index (χ2v) is 4.01. The SMILES string of the molecule is CCCCCc1cccc2c1CC2. The van der Waals surface area contributed by atoms with Crippen LogP contribution in [0.2, 0.25) is 0 Å². The van der Waals surface area contributed by atoms with Crippen molar-refractivity contribution in [3.05, 3.63) is 34.9 Å². The fraction of sp³-hybridized carbons (Fsp3) is 0.538. The highest BCUT2D eigenvalue weighted by molar-refractivity contribution is 5.41. The lowest BCUT2D eigenvalue weighted by molar-refractivity contribution is 0.702. The molecule has 1 aromatic rings. The summed E-state index contributed by atoms with van der Waals surface area (Å²) in [6, 6.07) is 6.81. The Labute approximate surface area is 81.0 Å². The van der Waals surface area contributed by atoms with E-state index in [2.05, 4.69) is 25.1 Å². The van der Waals surface area contributed by atoms with Crippen molar-refractivity contribution in [1.82, 2.24) is 0 Å². The lowest BCUT2D eigenvalue weighted by atomic mass is 9.83. The van der Waals surface area contributed by atoms with E-state index >= 15 is 0 Å². The Bertz CT molecular complexity index is 286. The molecule has 0 unspecified atom stereocenters. The third-order valence-corrected chi connectivity index (χ3v) is 3.06. The Balaban J connectivity index is 2.00. The molecule has 0 amide bonds. The Kier molecular flexibility index (Phi) is 2.68. The molecule has 0 saturated heterocycles. The van der Waals surface area contributed by atoms with E-state index in [0.717, 1.165) is 0 Å². The summed E-state index contributed by atoms with van der Waals surface area (Å²) in [6.45, 7) is 2.27. The highest BCUT2D eigenvalue weighted by atomic mass is 14.2. The van der Waals surface area contributed by atoms with Gasteiger partial charge < -0.3 is 0 Å². The normalized spacial score (nSPS) is 13.6. The van der Waals surface area contributed by atoms with Crippen molar-refractivity contribution in [3.63, 3.8) is 0 Å². The number of fused-ring (bicyclic) bond motifs is 1. The summed E-state index contributed by atoms with van der Waals surface area (Å²) in [6.07, 6.45) is 8.03. The van der Waals surface area contributed by atoms with E-state index < -0.39 is 0 Å². The van der Waals surface area contributed by atoms with Crippen LogP contribution in [0.3, 0.4) is 0 Å². The van der Waals surface area contributed by atoms with Crippen LogP contribution in [0, 0.1) is 0 Å². The van der Waals surface area contributed by atoms with E-state index in [4.69, 9.17) is 0 Å². The molecule has 0 spiro atoms. The van der Waals surface area contributed by atoms with Gasteiger partial charge in [-0.3, -0.25) is 0 Å². The average Bonchev–Trinajstić information content (AvgIpc) is 2.08. The maximum Gasteiger partial charge on any atom is -0.0233 e. The first-order valence-corrected chi connectivity index (χ1v) is 5.51. The van der Waals surface area contributed by atoms with E-state index in [0.29, 0.717) is 0 Å². The Morgan fingerprint density at radius 1 is 1.15 bits per heavy atom. The predicted molar refractivity (Wildman–Crippen MR) is 57.1 cm³/mol. The van der Waals surface area contributed by atoms with Crippen LogP contribution in [-0.2, 0) is 19.3 Å². The zero-order chi connectivity index (χ0) is 9.10. The van der Waals surface area contributed by atoms with Gasteiger partial charge in [-0.05, 0) is 42.4 Å². The Morgan fingerprint density at radius 3 is 2.77 bits per heavy atom. The van der Waals surface area contributed by atoms with Crippen LogP contribution in [0.25, 0.3) is 0 Å². The molecule has 1 aliphatic carbocycles. The van der Waals surface area contributed by atoms with E-state index in [1.54, 1.807) is 16.7 Å². The van der Waals surface area contributed by atoms with Crippen molar-refractivity contribution in [2.24, 2.45) is 0 Å². The van der Waals surface area contributed by atoms with Crippen LogP contribution < -0.4 is 0 Å². The number of hydrogen-bond donors (Lipinski definition) is 0. The molecule has 1 aliphatic rings. The Morgan fingerprint density at radius 2 is 2.08 bits per heavy atom. The maximum absolute atomic E-state index is 2.31. The molecule has 0 heterocycles. The summed E-state index contributed by atoms with van der Waals surface area (Å²) in [5.74, 6) is 0. The minimum Gasteiger partial charge on any atom is -0.0654 e. The van der Waals surface area contributed by atoms with Crippen LogP contribution in [0.4, 0.5) is 0 Å². The molecule has 0 aliphatic heterocycles. The first-order chi connectivity index (χ1) is 6.42. The first kappa shape index (κ1) is 8.80. The standard InChI is InChI=1S/C13H18/c1-2-3-4-6-11-7-5-8-12-9-10-13(11)12/h5,7-8H,2-4,6,9-10H2,1H3. The van der Waals surface area contributed by atoms with Crippen molar-refractivity contribution in [2.45, 2.75) is 45.4 Å². The zero-order valence-corrected chi connectivity index (χ0v) is 8.47. The molecule has 0 fully saturated rings. The number of rotatable bonds is 4. The zero-order valence-electron chi connectivity index (χ0n) is 8.47. The van der Waals surface area contributed by atoms with Gasteiger partial charge in [0.05, 0.1) is 0 Å². The molecule has 0 N–H and O–H groups in total. The summed E-state index contributed by atoms with van der Waals surface area (Å²) < 4.78 is 0. The van der Waals surface area contributed by atoms with E-state index in [1.165, 1.54) is 38.5 Å². The van der Waals surface area contributed by atoms with Gasteiger partial charge in [0.1, 0.15) is 0 Å². The van der Waals surface area contributed by atoms with E-state index in [-0.39, 0.29) is 0 Å². The molecule has 13 heavy (non-hydrogen) atoms. The predicted octanol–water partition coefficient (Wildman–Crippen LogP) is 3.52. The van der Waals surface area contributed by atoms with Gasteiger partial charge in [-0.15, -0.1) is 0 Å². The van der Waals surface area contributed by atoms with Gasteiger partial charge in [0.15, 0.2) is 0 Å². The fourth-order valence-corrected chi connectivity index (χ4v) is 2.13. The third-order valence-electron chi connectivity index (χ3n) is 3.06. The van der Waals surface area contributed by atoms with Gasteiger partial charge >= 0.3 is 0 Å². The first-order valence-electron chi connectivity index (χ1n) is 5.51. The van der Waals surface area contributed by atoms with Gasteiger partial charge in [-0.25, -0.2) is 0 Å². The van der Waals surface area contributed by atoms with Gasteiger partial charge in [0, 0.05) is 0 Å². The van der Waals surface area contributed by atoms with Gasteiger partial charge in [0.25, 0.3) is 0 Å². The van der Waals surface area contributed by atoms with Crippen LogP contribution in [0.5, 0.6) is 0 Å². The smallest absolute Gasteiger partial charge is 0.0233 e. The van der Waals surface area contributed by atoms with E-state index in [1.807, 2.05) is 0 Å². The van der Waals surface area contributed by atoms with Crippen LogP contribution in [-0.4, -0.2) is 0 Å². The lowest BCUT2D eigenvalue weighted by Crippen LogP contribution is -2.11. The van der Waals surface area contributed by atoms with Gasteiger partial charge in [0.2, 0.25) is 0 Å². The third kappa shape index (κ3) is 1.77. The van der Waals surface area contributed by atoms with Crippen LogP contribution in [0.15, 0.2) is 18.2 Å². The second-order valence-electron chi connectivity index (χ2n) is 4.01. The van der Waals surface area contributed by atoms with E-state index in [9.17, 15) is 0 Å². The molecular formula is C13H18. The van der Waals surface area contributed by atoms with Crippen molar-refractivity contribution >= 4 is 0 Å². The molecule has 0 saturated carbocycles. The minimum absolute atomic E-state index is 1.30. The molecule has 0 bridgehead atoms. The monoisotopic (exact) mass is 174 g/mol. The summed E-state index contributed by atoms with van der Waals surface area (Å²) in [4.78, 5) is 0. The maximum atomic E-state index is 2.31. The molecule has 0 radical (unpaired) electrons. The molecule has 0 heteroatoms. The van der Waals surface area contributed by atoms with Crippen molar-refractivity contribution in [2.75, 3.05) is 0 Å². The summed E-state index contributed by atoms with van der Waals surface area (Å²) >= 11 is 0. The largest absolute Gasteiger partial charge is 0.0654 e. The van der Waals surface area contributed by atoms with Gasteiger partial charge in [-0.1, -0.05) is 38.0 Å². The van der Waals surface area contributed by atoms with Crippen LogP contribution >= 0.6 is 0 Å². The number of unbranched alkanes of at least 4 members (excludes halogenated alkanes) is 2. The molecular weight excluding hydrogens is 156 g/mol. The minimum atomic E-state index is 1.30. The molecule has 0 aromatic heterocycles. The number of aryl methyl sites for hydroxylation is 2.